The van der Waals surface area contributed by atoms with Crippen molar-refractivity contribution < 1.29 is 14.4 Å². The maximum atomic E-state index is 12.9. The predicted molar refractivity (Wildman–Crippen MR) is 102 cm³/mol. The molecule has 126 valence electrons. The lowest BCUT2D eigenvalue weighted by Gasteiger charge is -2.20. The fourth-order valence-corrected chi connectivity index (χ4v) is 3.31. The Labute approximate surface area is 158 Å². The van der Waals surface area contributed by atoms with Gasteiger partial charge in [-0.15, -0.1) is 0 Å². The highest BCUT2D eigenvalue weighted by atomic mass is 79.9. The molecule has 0 aromatic heterocycles. The van der Waals surface area contributed by atoms with Gasteiger partial charge < -0.3 is 5.32 Å². The highest BCUT2D eigenvalue weighted by molar-refractivity contribution is 9.10. The summed E-state index contributed by atoms with van der Waals surface area (Å²) >= 11 is 3.33. The van der Waals surface area contributed by atoms with Gasteiger partial charge in [-0.1, -0.05) is 52.3 Å². The van der Waals surface area contributed by atoms with Crippen molar-refractivity contribution in [1.82, 2.24) is 0 Å². The maximum absolute atomic E-state index is 12.9. The summed E-state index contributed by atoms with van der Waals surface area (Å²) in [6.45, 7) is 0. The van der Waals surface area contributed by atoms with Crippen molar-refractivity contribution in [2.45, 2.75) is 0 Å². The van der Waals surface area contributed by atoms with Gasteiger partial charge in [-0.2, -0.15) is 0 Å². The number of carbonyl (C=O) groups excluding carboxylic acids is 3. The van der Waals surface area contributed by atoms with E-state index in [9.17, 15) is 14.4 Å². The molecule has 0 atom stereocenters. The van der Waals surface area contributed by atoms with Crippen molar-refractivity contribution in [3.8, 4) is 0 Å². The second-order valence-electron chi connectivity index (χ2n) is 5.89. The number of hydrogen-bond acceptors (Lipinski definition) is 3. The van der Waals surface area contributed by atoms with Crippen molar-refractivity contribution in [2.75, 3.05) is 5.32 Å². The fraction of sp³-hybridized carbons (Fsp3) is 0. The van der Waals surface area contributed by atoms with Crippen molar-refractivity contribution in [3.63, 3.8) is 0 Å². The summed E-state index contributed by atoms with van der Waals surface area (Å²) in [5, 5.41) is 2.76. The fourth-order valence-electron chi connectivity index (χ4n) is 3.04. The molecule has 0 spiro atoms. The zero-order chi connectivity index (χ0) is 18.3. The molecular weight excluding hydrogens is 394 g/mol. The molecule has 1 amide bonds. The second-order valence-corrected chi connectivity index (χ2v) is 6.81. The Morgan fingerprint density at radius 1 is 0.731 bits per heavy atom. The number of hydrogen-bond donors (Lipinski definition) is 1. The zero-order valence-corrected chi connectivity index (χ0v) is 15.0. The Kier molecular flexibility index (Phi) is 4.01. The molecule has 0 fully saturated rings. The molecule has 0 heterocycles. The summed E-state index contributed by atoms with van der Waals surface area (Å²) in [6.07, 6.45) is 0. The van der Waals surface area contributed by atoms with Crippen LogP contribution in [0.25, 0.3) is 0 Å². The second kappa shape index (κ2) is 6.35. The highest BCUT2D eigenvalue weighted by Crippen LogP contribution is 2.32. The van der Waals surface area contributed by atoms with Crippen molar-refractivity contribution in [2.24, 2.45) is 0 Å². The number of anilines is 1. The minimum Gasteiger partial charge on any atom is -0.321 e. The van der Waals surface area contributed by atoms with Crippen LogP contribution in [0.5, 0.6) is 0 Å². The minimum atomic E-state index is -0.343. The number of fused-ring (bicyclic) bond motifs is 2. The van der Waals surface area contributed by atoms with Crippen LogP contribution in [0.2, 0.25) is 0 Å². The van der Waals surface area contributed by atoms with E-state index in [1.165, 1.54) is 0 Å². The lowest BCUT2D eigenvalue weighted by atomic mass is 9.83. The molecule has 26 heavy (non-hydrogen) atoms. The van der Waals surface area contributed by atoms with Crippen LogP contribution in [0, 0.1) is 0 Å². The molecule has 1 aliphatic carbocycles. The maximum Gasteiger partial charge on any atom is 0.255 e. The van der Waals surface area contributed by atoms with Gasteiger partial charge in [0.05, 0.1) is 11.3 Å². The molecule has 1 N–H and O–H groups in total. The van der Waals surface area contributed by atoms with E-state index in [-0.39, 0.29) is 23.0 Å². The van der Waals surface area contributed by atoms with Gasteiger partial charge in [-0.25, -0.2) is 0 Å². The first-order valence-corrected chi connectivity index (χ1v) is 8.74. The summed E-state index contributed by atoms with van der Waals surface area (Å²) in [7, 11) is 0. The molecule has 0 radical (unpaired) electrons. The number of halogens is 1. The van der Waals surface area contributed by atoms with Crippen LogP contribution >= 0.6 is 15.9 Å². The van der Waals surface area contributed by atoms with E-state index >= 15 is 0 Å². The molecule has 1 aliphatic rings. The summed E-state index contributed by atoms with van der Waals surface area (Å²) < 4.78 is 0.864. The van der Waals surface area contributed by atoms with E-state index in [1.54, 1.807) is 66.7 Å². The van der Waals surface area contributed by atoms with Gasteiger partial charge >= 0.3 is 0 Å². The van der Waals surface area contributed by atoms with E-state index < -0.39 is 0 Å². The minimum absolute atomic E-state index is 0.213. The summed E-state index contributed by atoms with van der Waals surface area (Å²) in [5.74, 6) is -0.818. The Bertz CT molecular complexity index is 1070. The summed E-state index contributed by atoms with van der Waals surface area (Å²) in [5.41, 5.74) is 2.09. The average Bonchev–Trinajstić information content (AvgIpc) is 2.66. The molecule has 5 heteroatoms. The molecule has 0 aliphatic heterocycles. The van der Waals surface area contributed by atoms with Gasteiger partial charge in [-0.05, 0) is 30.3 Å². The number of nitrogens with one attached hydrogen (secondary N) is 1. The predicted octanol–water partition coefficient (Wildman–Crippen LogP) is 4.48. The normalized spacial score (nSPS) is 12.3. The number of carbonyl (C=O) groups is 3. The quantitative estimate of drug-likeness (QED) is 0.534. The molecule has 4 nitrogen and oxygen atoms in total. The van der Waals surface area contributed by atoms with E-state index in [4.69, 9.17) is 0 Å². The first-order valence-electron chi connectivity index (χ1n) is 7.94. The average molecular weight is 406 g/mol. The molecule has 0 bridgehead atoms. The van der Waals surface area contributed by atoms with Crippen molar-refractivity contribution >= 4 is 39.1 Å². The first kappa shape index (κ1) is 16.4. The summed E-state index contributed by atoms with van der Waals surface area (Å²) in [4.78, 5) is 38.2. The molecule has 0 unspecified atom stereocenters. The Balaban J connectivity index is 1.76. The monoisotopic (exact) mass is 405 g/mol. The number of amides is 1. The van der Waals surface area contributed by atoms with E-state index in [1.807, 2.05) is 0 Å². The standard InChI is InChI=1S/C21H12BrNO3/c22-13-10-8-12(9-11-13)21(26)23-17-7-3-6-16-18(17)20(25)15-5-2-1-4-14(15)19(16)24/h1-11H,(H,23,26). The third-order valence-electron chi connectivity index (χ3n) is 4.31. The third-order valence-corrected chi connectivity index (χ3v) is 4.84. The molecule has 0 saturated heterocycles. The Morgan fingerprint density at radius 3 is 2.04 bits per heavy atom. The van der Waals surface area contributed by atoms with Crippen molar-refractivity contribution in [1.29, 1.82) is 0 Å². The zero-order valence-electron chi connectivity index (χ0n) is 13.5. The topological polar surface area (TPSA) is 63.2 Å². The molecular formula is C21H12BrNO3. The van der Waals surface area contributed by atoms with Crippen LogP contribution in [0.15, 0.2) is 71.2 Å². The first-order chi connectivity index (χ1) is 12.6. The van der Waals surface area contributed by atoms with E-state index in [2.05, 4.69) is 21.2 Å². The number of benzene rings is 3. The van der Waals surface area contributed by atoms with Gasteiger partial charge in [0.25, 0.3) is 5.91 Å². The SMILES string of the molecule is O=C(Nc1cccc2c1C(=O)c1ccccc1C2=O)c1ccc(Br)cc1. The summed E-state index contributed by atoms with van der Waals surface area (Å²) in [6, 6.07) is 18.5. The van der Waals surface area contributed by atoms with Crippen LogP contribution < -0.4 is 5.32 Å². The van der Waals surface area contributed by atoms with Gasteiger partial charge in [0.2, 0.25) is 0 Å². The molecule has 3 aromatic carbocycles. The van der Waals surface area contributed by atoms with Gasteiger partial charge in [0.1, 0.15) is 0 Å². The largest absolute Gasteiger partial charge is 0.321 e. The Hall–Kier alpha value is -3.05. The smallest absolute Gasteiger partial charge is 0.255 e. The molecule has 4 rings (SSSR count). The van der Waals surface area contributed by atoms with Crippen LogP contribution in [0.1, 0.15) is 42.2 Å². The van der Waals surface area contributed by atoms with E-state index in [0.717, 1.165) is 4.47 Å². The van der Waals surface area contributed by atoms with Gasteiger partial charge in [-0.3, -0.25) is 14.4 Å². The molecule has 0 saturated carbocycles. The van der Waals surface area contributed by atoms with Crippen LogP contribution in [0.4, 0.5) is 5.69 Å². The highest BCUT2D eigenvalue weighted by Gasteiger charge is 2.31. The number of ketones is 2. The van der Waals surface area contributed by atoms with E-state index in [0.29, 0.717) is 27.9 Å². The van der Waals surface area contributed by atoms with Gasteiger partial charge in [0, 0.05) is 26.7 Å². The van der Waals surface area contributed by atoms with Gasteiger partial charge in [0.15, 0.2) is 11.6 Å². The number of rotatable bonds is 2. The lowest BCUT2D eigenvalue weighted by molar-refractivity contribution is 0.0978. The lowest BCUT2D eigenvalue weighted by Crippen LogP contribution is -2.23. The van der Waals surface area contributed by atoms with Crippen molar-refractivity contribution in [3.05, 3.63) is 99.0 Å². The van der Waals surface area contributed by atoms with Crippen LogP contribution in [0.3, 0.4) is 0 Å². The molecule has 3 aromatic rings. The Morgan fingerprint density at radius 2 is 1.35 bits per heavy atom. The third kappa shape index (κ3) is 2.66. The van der Waals surface area contributed by atoms with Crippen LogP contribution in [-0.4, -0.2) is 17.5 Å². The van der Waals surface area contributed by atoms with Crippen LogP contribution in [-0.2, 0) is 0 Å².